The molecule has 1 aliphatic heterocycles. The molecule has 1 amide bonds. The molecule has 0 aliphatic carbocycles. The van der Waals surface area contributed by atoms with Crippen LogP contribution >= 0.6 is 0 Å². The molecule has 3 aromatic rings. The molecule has 1 unspecified atom stereocenters. The van der Waals surface area contributed by atoms with Crippen molar-refractivity contribution in [1.29, 1.82) is 0 Å². The number of nitrogens with zero attached hydrogens (tertiary/aromatic N) is 3. The van der Waals surface area contributed by atoms with E-state index in [2.05, 4.69) is 20.2 Å². The quantitative estimate of drug-likeness (QED) is 0.696. The van der Waals surface area contributed by atoms with Gasteiger partial charge in [-0.3, -0.25) is 9.78 Å². The average Bonchev–Trinajstić information content (AvgIpc) is 2.79. The number of nitrogens with one attached hydrogen (secondary N) is 1. The molecule has 2 heterocycles. The second-order valence-corrected chi connectivity index (χ2v) is 7.13. The summed E-state index contributed by atoms with van der Waals surface area (Å²) in [6, 6.07) is 17.5. The molecule has 2 aromatic carbocycles. The van der Waals surface area contributed by atoms with Crippen molar-refractivity contribution in [1.82, 2.24) is 15.3 Å². The van der Waals surface area contributed by atoms with E-state index in [1.54, 1.807) is 18.6 Å². The van der Waals surface area contributed by atoms with Crippen LogP contribution < -0.4 is 15.0 Å². The minimum Gasteiger partial charge on any atom is -0.457 e. The number of para-hydroxylation sites is 1. The van der Waals surface area contributed by atoms with Crippen LogP contribution in [0.5, 0.6) is 11.5 Å². The zero-order chi connectivity index (χ0) is 19.9. The van der Waals surface area contributed by atoms with Gasteiger partial charge in [-0.15, -0.1) is 0 Å². The summed E-state index contributed by atoms with van der Waals surface area (Å²) in [6.07, 6.45) is 6.95. The van der Waals surface area contributed by atoms with E-state index in [1.165, 1.54) is 0 Å². The zero-order valence-corrected chi connectivity index (χ0v) is 16.2. The lowest BCUT2D eigenvalue weighted by molar-refractivity contribution is -0.125. The van der Waals surface area contributed by atoms with E-state index in [0.29, 0.717) is 13.1 Å². The van der Waals surface area contributed by atoms with Crippen LogP contribution in [0.1, 0.15) is 18.4 Å². The average molecular weight is 388 g/mol. The number of ether oxygens (including phenoxy) is 1. The molecule has 148 valence electrons. The largest absolute Gasteiger partial charge is 0.457 e. The van der Waals surface area contributed by atoms with Crippen LogP contribution in [0.3, 0.4) is 0 Å². The van der Waals surface area contributed by atoms with Crippen molar-refractivity contribution < 1.29 is 9.53 Å². The van der Waals surface area contributed by atoms with Gasteiger partial charge in [0, 0.05) is 32.0 Å². The summed E-state index contributed by atoms with van der Waals surface area (Å²) in [5.74, 6) is 2.41. The fourth-order valence-electron chi connectivity index (χ4n) is 3.53. The van der Waals surface area contributed by atoms with Crippen molar-refractivity contribution >= 4 is 11.7 Å². The first-order valence-corrected chi connectivity index (χ1v) is 9.88. The lowest BCUT2D eigenvalue weighted by atomic mass is 9.97. The Labute approximate surface area is 170 Å². The number of hydrogen-bond acceptors (Lipinski definition) is 5. The third-order valence-corrected chi connectivity index (χ3v) is 5.01. The van der Waals surface area contributed by atoms with Gasteiger partial charge in [-0.05, 0) is 42.7 Å². The maximum absolute atomic E-state index is 12.7. The predicted octanol–water partition coefficient (Wildman–Crippen LogP) is 3.80. The summed E-state index contributed by atoms with van der Waals surface area (Å²) >= 11 is 0. The number of carbonyl (C=O) groups excluding carboxylic acids is 1. The smallest absolute Gasteiger partial charge is 0.225 e. The molecule has 1 aromatic heterocycles. The highest BCUT2D eigenvalue weighted by Crippen LogP contribution is 2.23. The molecule has 6 nitrogen and oxygen atoms in total. The molecule has 6 heteroatoms. The third-order valence-electron chi connectivity index (χ3n) is 5.01. The zero-order valence-electron chi connectivity index (χ0n) is 16.2. The first kappa shape index (κ1) is 18.9. The molecule has 1 saturated heterocycles. The Balaban J connectivity index is 1.33. The van der Waals surface area contributed by atoms with Crippen LogP contribution in [-0.4, -0.2) is 29.0 Å². The van der Waals surface area contributed by atoms with Crippen molar-refractivity contribution in [2.45, 2.75) is 19.4 Å². The highest BCUT2D eigenvalue weighted by Gasteiger charge is 2.26. The fourth-order valence-corrected chi connectivity index (χ4v) is 3.53. The van der Waals surface area contributed by atoms with E-state index in [9.17, 15) is 4.79 Å². The van der Waals surface area contributed by atoms with Gasteiger partial charge in [0.15, 0.2) is 0 Å². The first-order valence-electron chi connectivity index (χ1n) is 9.88. The molecule has 0 spiro atoms. The minimum atomic E-state index is -0.0468. The number of hydrogen-bond donors (Lipinski definition) is 1. The van der Waals surface area contributed by atoms with E-state index in [0.717, 1.165) is 42.3 Å². The van der Waals surface area contributed by atoms with Crippen LogP contribution in [-0.2, 0) is 11.3 Å². The summed E-state index contributed by atoms with van der Waals surface area (Å²) in [7, 11) is 0. The van der Waals surface area contributed by atoms with Gasteiger partial charge in [-0.2, -0.15) is 0 Å². The lowest BCUT2D eigenvalue weighted by Crippen LogP contribution is -2.43. The number of carbonyl (C=O) groups is 1. The number of aromatic nitrogens is 2. The lowest BCUT2D eigenvalue weighted by Gasteiger charge is -2.32. The molecule has 1 atom stereocenters. The number of piperidine rings is 1. The number of anilines is 1. The number of rotatable bonds is 6. The highest BCUT2D eigenvalue weighted by molar-refractivity contribution is 5.79. The van der Waals surface area contributed by atoms with Gasteiger partial charge in [0.1, 0.15) is 17.3 Å². The van der Waals surface area contributed by atoms with Gasteiger partial charge in [0.2, 0.25) is 5.91 Å². The molecular weight excluding hydrogens is 364 g/mol. The SMILES string of the molecule is O=C(NCc1cccc(Oc2ccccc2)c1)C1CCCN(c2cnccn2)C1. The normalized spacial score (nSPS) is 16.3. The Morgan fingerprint density at radius 1 is 1.10 bits per heavy atom. The predicted molar refractivity (Wildman–Crippen MR) is 112 cm³/mol. The standard InChI is InChI=1S/C23H24N4O2/c28-23(19-7-5-13-27(17-19)22-16-24-11-12-25-22)26-15-18-6-4-10-21(14-18)29-20-8-2-1-3-9-20/h1-4,6,8-12,14,16,19H,5,7,13,15,17H2,(H,26,28). The van der Waals surface area contributed by atoms with Crippen LogP contribution in [0, 0.1) is 5.92 Å². The van der Waals surface area contributed by atoms with Gasteiger partial charge in [0.05, 0.1) is 12.1 Å². The molecule has 0 saturated carbocycles. The Morgan fingerprint density at radius 2 is 1.97 bits per heavy atom. The molecule has 4 rings (SSSR count). The van der Waals surface area contributed by atoms with Gasteiger partial charge >= 0.3 is 0 Å². The van der Waals surface area contributed by atoms with Gasteiger partial charge < -0.3 is 15.0 Å². The second-order valence-electron chi connectivity index (χ2n) is 7.13. The molecule has 1 N–H and O–H groups in total. The molecular formula is C23H24N4O2. The second kappa shape index (κ2) is 9.19. The van der Waals surface area contributed by atoms with Crippen molar-refractivity contribution in [2.75, 3.05) is 18.0 Å². The first-order chi connectivity index (χ1) is 14.3. The summed E-state index contributed by atoms with van der Waals surface area (Å²) < 4.78 is 5.87. The fraction of sp³-hybridized carbons (Fsp3) is 0.261. The Kier molecular flexibility index (Phi) is 6.00. The van der Waals surface area contributed by atoms with Crippen LogP contribution in [0.15, 0.2) is 73.2 Å². The molecule has 0 radical (unpaired) electrons. The summed E-state index contributed by atoms with van der Waals surface area (Å²) in [5, 5.41) is 3.07. The van der Waals surface area contributed by atoms with Crippen molar-refractivity contribution in [3.05, 3.63) is 78.8 Å². The van der Waals surface area contributed by atoms with Crippen molar-refractivity contribution in [3.63, 3.8) is 0 Å². The highest BCUT2D eigenvalue weighted by atomic mass is 16.5. The van der Waals surface area contributed by atoms with Gasteiger partial charge in [0.25, 0.3) is 0 Å². The maximum atomic E-state index is 12.7. The number of benzene rings is 2. The van der Waals surface area contributed by atoms with Crippen LogP contribution in [0.2, 0.25) is 0 Å². The Morgan fingerprint density at radius 3 is 2.79 bits per heavy atom. The van der Waals surface area contributed by atoms with Crippen molar-refractivity contribution in [2.24, 2.45) is 5.92 Å². The van der Waals surface area contributed by atoms with Crippen molar-refractivity contribution in [3.8, 4) is 11.5 Å². The molecule has 0 bridgehead atoms. The third kappa shape index (κ3) is 5.10. The summed E-state index contributed by atoms with van der Waals surface area (Å²) in [5.41, 5.74) is 1.01. The molecule has 1 fully saturated rings. The van der Waals surface area contributed by atoms with E-state index in [1.807, 2.05) is 54.6 Å². The maximum Gasteiger partial charge on any atom is 0.225 e. The molecule has 1 aliphatic rings. The Hall–Kier alpha value is -3.41. The van der Waals surface area contributed by atoms with E-state index < -0.39 is 0 Å². The Bertz CT molecular complexity index is 934. The summed E-state index contributed by atoms with van der Waals surface area (Å²) in [6.45, 7) is 2.05. The van der Waals surface area contributed by atoms with E-state index in [4.69, 9.17) is 4.74 Å². The minimum absolute atomic E-state index is 0.0468. The number of amides is 1. The monoisotopic (exact) mass is 388 g/mol. The van der Waals surface area contributed by atoms with E-state index in [-0.39, 0.29) is 11.8 Å². The summed E-state index contributed by atoms with van der Waals surface area (Å²) in [4.78, 5) is 23.3. The van der Waals surface area contributed by atoms with Crippen LogP contribution in [0.4, 0.5) is 5.82 Å². The van der Waals surface area contributed by atoms with Crippen LogP contribution in [0.25, 0.3) is 0 Å². The topological polar surface area (TPSA) is 67.3 Å². The van der Waals surface area contributed by atoms with Gasteiger partial charge in [-0.1, -0.05) is 30.3 Å². The van der Waals surface area contributed by atoms with Gasteiger partial charge in [-0.25, -0.2) is 4.98 Å². The molecule has 29 heavy (non-hydrogen) atoms. The van der Waals surface area contributed by atoms with E-state index >= 15 is 0 Å².